The lowest BCUT2D eigenvalue weighted by Crippen LogP contribution is -2.59. The molecule has 1 N–H and O–H groups in total. The van der Waals surface area contributed by atoms with Crippen LogP contribution >= 0.6 is 11.3 Å². The Bertz CT molecular complexity index is 1430. The molecule has 1 saturated heterocycles. The van der Waals surface area contributed by atoms with Crippen molar-refractivity contribution < 1.29 is 21.9 Å². The molecule has 1 atom stereocenters. The molecule has 2 aromatic carbocycles. The summed E-state index contributed by atoms with van der Waals surface area (Å²) in [6.45, 7) is 8.06. The van der Waals surface area contributed by atoms with E-state index in [1.54, 1.807) is 55.6 Å². The molecule has 1 aliphatic heterocycles. The molecule has 39 heavy (non-hydrogen) atoms. The normalized spacial score (nSPS) is 17.5. The Hall–Kier alpha value is -2.44. The molecular formula is C28H37N3O5S3. The molecule has 1 aliphatic rings. The predicted octanol–water partition coefficient (Wildman–Crippen LogP) is 4.35. The minimum atomic E-state index is -3.71. The number of anilines is 2. The van der Waals surface area contributed by atoms with Gasteiger partial charge < -0.3 is 10.0 Å². The molecule has 212 valence electrons. The summed E-state index contributed by atoms with van der Waals surface area (Å²) in [4.78, 5) is 2.08. The van der Waals surface area contributed by atoms with Gasteiger partial charge in [-0.15, -0.1) is 11.3 Å². The third kappa shape index (κ3) is 6.83. The predicted molar refractivity (Wildman–Crippen MR) is 158 cm³/mol. The van der Waals surface area contributed by atoms with Gasteiger partial charge in [0.2, 0.25) is 10.0 Å². The van der Waals surface area contributed by atoms with Crippen molar-refractivity contribution in [1.29, 1.82) is 0 Å². The monoisotopic (exact) mass is 591 g/mol. The highest BCUT2D eigenvalue weighted by Crippen LogP contribution is 2.30. The Morgan fingerprint density at radius 1 is 0.974 bits per heavy atom. The first kappa shape index (κ1) is 29.5. The summed E-state index contributed by atoms with van der Waals surface area (Å²) in [6.07, 6.45) is 0. The lowest BCUT2D eigenvalue weighted by molar-refractivity contribution is 0.0786. The van der Waals surface area contributed by atoms with Crippen LogP contribution in [0.25, 0.3) is 0 Å². The Morgan fingerprint density at radius 2 is 1.64 bits per heavy atom. The van der Waals surface area contributed by atoms with E-state index in [2.05, 4.69) is 4.90 Å². The zero-order chi connectivity index (χ0) is 28.4. The van der Waals surface area contributed by atoms with Crippen molar-refractivity contribution in [2.45, 2.75) is 43.5 Å². The molecular weight excluding hydrogens is 555 g/mol. The van der Waals surface area contributed by atoms with E-state index in [1.165, 1.54) is 19.9 Å². The molecule has 0 radical (unpaired) electrons. The topological polar surface area (TPSA) is 98.2 Å². The molecule has 0 saturated carbocycles. The fourth-order valence-corrected chi connectivity index (χ4v) is 9.29. The number of para-hydroxylation sites is 1. The summed E-state index contributed by atoms with van der Waals surface area (Å²) >= 11 is 1.17. The van der Waals surface area contributed by atoms with Crippen LogP contribution in [0.2, 0.25) is 0 Å². The Kier molecular flexibility index (Phi) is 8.77. The summed E-state index contributed by atoms with van der Waals surface area (Å²) in [7, 11) is -7.41. The highest BCUT2D eigenvalue weighted by Gasteiger charge is 2.38. The summed E-state index contributed by atoms with van der Waals surface area (Å²) in [5, 5.41) is 12.1. The second-order valence-corrected chi connectivity index (χ2v) is 15.8. The summed E-state index contributed by atoms with van der Waals surface area (Å²) in [6, 6.07) is 19.3. The van der Waals surface area contributed by atoms with Crippen molar-refractivity contribution in [3.05, 3.63) is 77.7 Å². The lowest BCUT2D eigenvalue weighted by atomic mass is 9.98. The van der Waals surface area contributed by atoms with E-state index in [0.717, 1.165) is 11.3 Å². The van der Waals surface area contributed by atoms with Crippen LogP contribution in [0.15, 0.2) is 76.3 Å². The van der Waals surface area contributed by atoms with Crippen molar-refractivity contribution in [3.63, 3.8) is 0 Å². The standard InChI is InChI=1S/C28H37N3O5S3/c1-22(2)21-38(33,34)31(25-9-6-5-7-10-25)20-26-19-29(39(35,36)27-11-8-18-37-27)16-17-30(26)24-14-12-23(13-15-24)28(3,4)32/h5-15,18,22,26,32H,16-17,19-21H2,1-4H3/t26-/m1/s1. The summed E-state index contributed by atoms with van der Waals surface area (Å²) < 4.78 is 57.3. The molecule has 1 fully saturated rings. The number of hydrogen-bond donors (Lipinski definition) is 1. The first-order valence-electron chi connectivity index (χ1n) is 13.0. The van der Waals surface area contributed by atoms with Crippen molar-refractivity contribution in [1.82, 2.24) is 4.31 Å². The van der Waals surface area contributed by atoms with Crippen molar-refractivity contribution in [2.24, 2.45) is 5.92 Å². The Morgan fingerprint density at radius 3 is 2.21 bits per heavy atom. The van der Waals surface area contributed by atoms with Gasteiger partial charge in [-0.2, -0.15) is 4.31 Å². The van der Waals surface area contributed by atoms with Gasteiger partial charge in [0, 0.05) is 25.3 Å². The van der Waals surface area contributed by atoms with Crippen molar-refractivity contribution in [3.8, 4) is 0 Å². The number of nitrogens with zero attached hydrogens (tertiary/aromatic N) is 3. The molecule has 11 heteroatoms. The maximum Gasteiger partial charge on any atom is 0.252 e. The zero-order valence-electron chi connectivity index (χ0n) is 22.8. The van der Waals surface area contributed by atoms with E-state index in [0.29, 0.717) is 12.2 Å². The number of piperazine rings is 1. The van der Waals surface area contributed by atoms with Crippen LogP contribution in [0.4, 0.5) is 11.4 Å². The molecule has 8 nitrogen and oxygen atoms in total. The second-order valence-electron chi connectivity index (χ2n) is 10.8. The molecule has 0 bridgehead atoms. The maximum absolute atomic E-state index is 13.6. The molecule has 0 amide bonds. The van der Waals surface area contributed by atoms with E-state index < -0.39 is 31.7 Å². The van der Waals surface area contributed by atoms with Gasteiger partial charge in [0.15, 0.2) is 0 Å². The molecule has 3 aromatic rings. The number of thiophene rings is 1. The largest absolute Gasteiger partial charge is 0.386 e. The fraction of sp³-hybridized carbons (Fsp3) is 0.429. The Labute approximate surface area is 236 Å². The van der Waals surface area contributed by atoms with E-state index >= 15 is 0 Å². The van der Waals surface area contributed by atoms with Crippen LogP contribution < -0.4 is 9.21 Å². The molecule has 0 unspecified atom stereocenters. The zero-order valence-corrected chi connectivity index (χ0v) is 25.2. The van der Waals surface area contributed by atoms with Crippen LogP contribution in [0.5, 0.6) is 0 Å². The van der Waals surface area contributed by atoms with Gasteiger partial charge in [0.1, 0.15) is 4.21 Å². The second kappa shape index (κ2) is 11.6. The minimum absolute atomic E-state index is 0.0217. The van der Waals surface area contributed by atoms with Crippen LogP contribution in [-0.4, -0.2) is 64.2 Å². The number of aliphatic hydroxyl groups is 1. The van der Waals surface area contributed by atoms with Crippen LogP contribution in [0, 0.1) is 5.92 Å². The highest BCUT2D eigenvalue weighted by molar-refractivity contribution is 7.92. The van der Waals surface area contributed by atoms with Crippen molar-refractivity contribution in [2.75, 3.05) is 41.1 Å². The smallest absolute Gasteiger partial charge is 0.252 e. The fourth-order valence-electron chi connectivity index (χ4n) is 4.82. The number of benzene rings is 2. The minimum Gasteiger partial charge on any atom is -0.386 e. The summed E-state index contributed by atoms with van der Waals surface area (Å²) in [5.74, 6) is -0.0969. The molecule has 0 aliphatic carbocycles. The van der Waals surface area contributed by atoms with Gasteiger partial charge in [-0.25, -0.2) is 16.8 Å². The number of rotatable bonds is 10. The summed E-state index contributed by atoms with van der Waals surface area (Å²) in [5.41, 5.74) is 1.15. The third-order valence-corrected chi connectivity index (χ3v) is 12.1. The van der Waals surface area contributed by atoms with Gasteiger partial charge in [-0.05, 0) is 61.0 Å². The van der Waals surface area contributed by atoms with Crippen LogP contribution in [0.3, 0.4) is 0 Å². The Balaban J connectivity index is 1.73. The molecule has 2 heterocycles. The maximum atomic E-state index is 13.6. The van der Waals surface area contributed by atoms with Gasteiger partial charge in [-0.1, -0.05) is 50.2 Å². The highest BCUT2D eigenvalue weighted by atomic mass is 32.2. The van der Waals surface area contributed by atoms with E-state index in [9.17, 15) is 21.9 Å². The SMILES string of the molecule is CC(C)CS(=O)(=O)N(C[C@H]1CN(S(=O)(=O)c2cccs2)CCN1c1ccc(C(C)(C)O)cc1)c1ccccc1. The molecule has 0 spiro atoms. The number of hydrogen-bond acceptors (Lipinski definition) is 7. The van der Waals surface area contributed by atoms with Gasteiger partial charge in [0.25, 0.3) is 10.0 Å². The molecule has 1 aromatic heterocycles. The van der Waals surface area contributed by atoms with Gasteiger partial charge in [0.05, 0.1) is 29.6 Å². The van der Waals surface area contributed by atoms with Gasteiger partial charge >= 0.3 is 0 Å². The average molecular weight is 592 g/mol. The first-order valence-corrected chi connectivity index (χ1v) is 16.9. The van der Waals surface area contributed by atoms with Crippen LogP contribution in [-0.2, 0) is 25.6 Å². The van der Waals surface area contributed by atoms with Gasteiger partial charge in [-0.3, -0.25) is 4.31 Å². The molecule has 4 rings (SSSR count). The first-order chi connectivity index (χ1) is 18.3. The van der Waals surface area contributed by atoms with E-state index in [1.807, 2.05) is 44.2 Å². The quantitative estimate of drug-likeness (QED) is 0.377. The van der Waals surface area contributed by atoms with E-state index in [-0.39, 0.29) is 35.5 Å². The lowest BCUT2D eigenvalue weighted by Gasteiger charge is -2.44. The third-order valence-electron chi connectivity index (χ3n) is 6.74. The van der Waals surface area contributed by atoms with E-state index in [4.69, 9.17) is 0 Å². The van der Waals surface area contributed by atoms with Crippen LogP contribution in [0.1, 0.15) is 33.3 Å². The number of sulfonamides is 2. The van der Waals surface area contributed by atoms with Crippen molar-refractivity contribution >= 4 is 42.8 Å². The average Bonchev–Trinajstić information content (AvgIpc) is 3.42.